The number of benzene rings is 2. The molecule has 4 aromatic rings. The van der Waals surface area contributed by atoms with Crippen LogP contribution >= 0.6 is 15.9 Å². The summed E-state index contributed by atoms with van der Waals surface area (Å²) in [4.78, 5) is 36.6. The summed E-state index contributed by atoms with van der Waals surface area (Å²) in [5.41, 5.74) is 1.80. The molecule has 0 amide bonds. The van der Waals surface area contributed by atoms with Gasteiger partial charge in [0.05, 0.1) is 21.5 Å². The van der Waals surface area contributed by atoms with E-state index in [0.717, 1.165) is 14.7 Å². The van der Waals surface area contributed by atoms with Crippen molar-refractivity contribution in [3.8, 4) is 16.9 Å². The zero-order valence-electron chi connectivity index (χ0n) is 16.4. The van der Waals surface area contributed by atoms with E-state index in [1.165, 1.54) is 17.7 Å². The summed E-state index contributed by atoms with van der Waals surface area (Å²) in [6.07, 6.45) is 1.71. The van der Waals surface area contributed by atoms with Gasteiger partial charge < -0.3 is 4.57 Å². The lowest BCUT2D eigenvalue weighted by molar-refractivity contribution is -0.385. The van der Waals surface area contributed by atoms with Crippen LogP contribution in [0.25, 0.3) is 27.8 Å². The molecule has 2 aromatic carbocycles. The van der Waals surface area contributed by atoms with E-state index in [2.05, 4.69) is 15.9 Å². The normalized spacial score (nSPS) is 11.2. The summed E-state index contributed by atoms with van der Waals surface area (Å²) < 4.78 is 5.11. The Bertz CT molecular complexity index is 1450. The quantitative estimate of drug-likeness (QED) is 0.338. The average Bonchev–Trinajstić information content (AvgIpc) is 3.12. The molecule has 30 heavy (non-hydrogen) atoms. The summed E-state index contributed by atoms with van der Waals surface area (Å²) in [7, 11) is 3.01. The van der Waals surface area contributed by atoms with E-state index in [9.17, 15) is 19.7 Å². The first-order valence-electron chi connectivity index (χ1n) is 9.03. The topological polar surface area (TPSA) is 92.1 Å². The Balaban J connectivity index is 2.19. The maximum atomic E-state index is 13.1. The third-order valence-electron chi connectivity index (χ3n) is 5.22. The van der Waals surface area contributed by atoms with Gasteiger partial charge in [-0.25, -0.2) is 4.79 Å². The molecule has 0 saturated heterocycles. The van der Waals surface area contributed by atoms with Crippen molar-refractivity contribution in [2.24, 2.45) is 14.1 Å². The lowest BCUT2D eigenvalue weighted by Crippen LogP contribution is -2.36. The number of nitrogens with zero attached hydrogens (tertiary/aromatic N) is 4. The van der Waals surface area contributed by atoms with Crippen LogP contribution in [0.4, 0.5) is 5.69 Å². The number of aryl methyl sites for hydroxylation is 2. The molecule has 4 rings (SSSR count). The first-order valence-corrected chi connectivity index (χ1v) is 9.82. The van der Waals surface area contributed by atoms with Crippen LogP contribution in [0.1, 0.15) is 5.56 Å². The number of halogens is 1. The molecular weight excluding hydrogens is 452 g/mol. The van der Waals surface area contributed by atoms with E-state index in [0.29, 0.717) is 27.7 Å². The molecule has 0 aliphatic carbocycles. The van der Waals surface area contributed by atoms with Gasteiger partial charge in [0.15, 0.2) is 0 Å². The molecule has 0 fully saturated rings. The molecule has 0 N–H and O–H groups in total. The molecule has 0 aliphatic heterocycles. The molecule has 0 bridgehead atoms. The molecule has 8 nitrogen and oxygen atoms in total. The van der Waals surface area contributed by atoms with Crippen molar-refractivity contribution in [3.05, 3.63) is 89.6 Å². The zero-order valence-corrected chi connectivity index (χ0v) is 18.0. The van der Waals surface area contributed by atoms with E-state index >= 15 is 0 Å². The fourth-order valence-corrected chi connectivity index (χ4v) is 3.85. The molecule has 0 atom stereocenters. The highest BCUT2D eigenvalue weighted by Crippen LogP contribution is 2.34. The summed E-state index contributed by atoms with van der Waals surface area (Å²) >= 11 is 3.41. The van der Waals surface area contributed by atoms with Crippen molar-refractivity contribution in [1.29, 1.82) is 0 Å². The Kier molecular flexibility index (Phi) is 4.70. The molecule has 9 heteroatoms. The van der Waals surface area contributed by atoms with E-state index in [1.807, 2.05) is 24.3 Å². The van der Waals surface area contributed by atoms with Gasteiger partial charge in [-0.05, 0) is 31.2 Å². The standard InChI is InChI=1S/C21H17BrN4O4/c1-12-4-5-13(10-16(12)26(29)30)19-18-17(23(2)21(28)24(3)20(18)27)11-25(19)15-8-6-14(22)7-9-15/h4-11H,1-3H3. The van der Waals surface area contributed by atoms with Crippen LogP contribution in [-0.2, 0) is 14.1 Å². The molecular formula is C21H17BrN4O4. The van der Waals surface area contributed by atoms with Crippen LogP contribution < -0.4 is 11.2 Å². The lowest BCUT2D eigenvalue weighted by Gasteiger charge is -2.11. The Morgan fingerprint density at radius 1 is 1.00 bits per heavy atom. The third kappa shape index (κ3) is 2.98. The van der Waals surface area contributed by atoms with Crippen LogP contribution in [-0.4, -0.2) is 18.6 Å². The Morgan fingerprint density at radius 3 is 2.30 bits per heavy atom. The van der Waals surface area contributed by atoms with Crippen LogP contribution in [0, 0.1) is 17.0 Å². The Morgan fingerprint density at radius 2 is 1.67 bits per heavy atom. The Hall–Kier alpha value is -3.46. The third-order valence-corrected chi connectivity index (χ3v) is 5.75. The first-order chi connectivity index (χ1) is 14.2. The van der Waals surface area contributed by atoms with E-state index in [-0.39, 0.29) is 5.69 Å². The van der Waals surface area contributed by atoms with Crippen molar-refractivity contribution >= 4 is 32.5 Å². The zero-order chi connectivity index (χ0) is 21.7. The second kappa shape index (κ2) is 7.10. The fraction of sp³-hybridized carbons (Fsp3) is 0.143. The molecule has 0 spiro atoms. The Labute approximate surface area is 178 Å². The minimum atomic E-state index is -0.456. The molecule has 2 aromatic heterocycles. The monoisotopic (exact) mass is 468 g/mol. The van der Waals surface area contributed by atoms with Crippen LogP contribution in [0.15, 0.2) is 62.7 Å². The van der Waals surface area contributed by atoms with Gasteiger partial charge in [-0.1, -0.05) is 28.1 Å². The van der Waals surface area contributed by atoms with Gasteiger partial charge in [-0.2, -0.15) is 0 Å². The maximum absolute atomic E-state index is 13.1. The van der Waals surface area contributed by atoms with Crippen molar-refractivity contribution in [2.45, 2.75) is 6.92 Å². The number of hydrogen-bond donors (Lipinski definition) is 0. The van der Waals surface area contributed by atoms with Gasteiger partial charge in [-0.3, -0.25) is 24.0 Å². The highest BCUT2D eigenvalue weighted by atomic mass is 79.9. The average molecular weight is 469 g/mol. The molecule has 152 valence electrons. The number of hydrogen-bond acceptors (Lipinski definition) is 4. The lowest BCUT2D eigenvalue weighted by atomic mass is 10.1. The number of rotatable bonds is 3. The van der Waals surface area contributed by atoms with Gasteiger partial charge >= 0.3 is 5.69 Å². The van der Waals surface area contributed by atoms with Gasteiger partial charge in [0.1, 0.15) is 0 Å². The number of aromatic nitrogens is 3. The largest absolute Gasteiger partial charge is 0.330 e. The molecule has 0 radical (unpaired) electrons. The second-order valence-electron chi connectivity index (χ2n) is 7.05. The number of nitro groups is 1. The highest BCUT2D eigenvalue weighted by Gasteiger charge is 2.22. The molecule has 0 aliphatic rings. The van der Waals surface area contributed by atoms with Gasteiger partial charge in [0.2, 0.25) is 0 Å². The van der Waals surface area contributed by atoms with Crippen molar-refractivity contribution < 1.29 is 4.92 Å². The van der Waals surface area contributed by atoms with Crippen LogP contribution in [0.2, 0.25) is 0 Å². The van der Waals surface area contributed by atoms with E-state index in [4.69, 9.17) is 0 Å². The highest BCUT2D eigenvalue weighted by molar-refractivity contribution is 9.10. The predicted octanol–water partition coefficient (Wildman–Crippen LogP) is 3.67. The van der Waals surface area contributed by atoms with Crippen molar-refractivity contribution in [1.82, 2.24) is 13.7 Å². The van der Waals surface area contributed by atoms with E-state index < -0.39 is 16.2 Å². The van der Waals surface area contributed by atoms with E-state index in [1.54, 1.807) is 36.9 Å². The summed E-state index contributed by atoms with van der Waals surface area (Å²) in [6, 6.07) is 12.3. The maximum Gasteiger partial charge on any atom is 0.330 e. The molecule has 0 unspecified atom stereocenters. The summed E-state index contributed by atoms with van der Waals surface area (Å²) in [5.74, 6) is 0. The summed E-state index contributed by atoms with van der Waals surface area (Å²) in [6.45, 7) is 1.66. The first kappa shape index (κ1) is 19.8. The molecule has 0 saturated carbocycles. The van der Waals surface area contributed by atoms with Gasteiger partial charge in [0, 0.05) is 47.6 Å². The minimum Gasteiger partial charge on any atom is -0.314 e. The molecule has 2 heterocycles. The SMILES string of the molecule is Cc1ccc(-c2c3c(=O)n(C)c(=O)n(C)c3cn2-c2ccc(Br)cc2)cc1[N+](=O)[O-]. The number of fused-ring (bicyclic) bond motifs is 1. The van der Waals surface area contributed by atoms with Crippen molar-refractivity contribution in [3.63, 3.8) is 0 Å². The number of nitro benzene ring substituents is 1. The summed E-state index contributed by atoms with van der Waals surface area (Å²) in [5, 5.41) is 11.8. The van der Waals surface area contributed by atoms with Gasteiger partial charge in [0.25, 0.3) is 11.2 Å². The van der Waals surface area contributed by atoms with Gasteiger partial charge in [-0.15, -0.1) is 0 Å². The van der Waals surface area contributed by atoms with Crippen LogP contribution in [0.3, 0.4) is 0 Å². The minimum absolute atomic E-state index is 0.0362. The predicted molar refractivity (Wildman–Crippen MR) is 118 cm³/mol. The fourth-order valence-electron chi connectivity index (χ4n) is 3.58. The van der Waals surface area contributed by atoms with Crippen LogP contribution in [0.5, 0.6) is 0 Å². The second-order valence-corrected chi connectivity index (χ2v) is 7.96. The smallest absolute Gasteiger partial charge is 0.314 e. The van der Waals surface area contributed by atoms with Crippen molar-refractivity contribution in [2.75, 3.05) is 0 Å².